The number of thiophene rings is 1. The zero-order valence-electron chi connectivity index (χ0n) is 19.3. The molecule has 0 unspecified atom stereocenters. The van der Waals surface area contributed by atoms with Crippen LogP contribution in [0, 0.1) is 25.5 Å². The first kappa shape index (κ1) is 22.9. The highest BCUT2D eigenvalue weighted by Gasteiger charge is 2.25. The van der Waals surface area contributed by atoms with Crippen molar-refractivity contribution in [3.8, 4) is 0 Å². The van der Waals surface area contributed by atoms with Crippen molar-refractivity contribution in [1.82, 2.24) is 24.6 Å². The lowest BCUT2D eigenvalue weighted by molar-refractivity contribution is 0.445. The second-order valence-corrected chi connectivity index (χ2v) is 10.0. The highest BCUT2D eigenvalue weighted by molar-refractivity contribution is 7.18. The van der Waals surface area contributed by atoms with Gasteiger partial charge in [-0.15, -0.1) is 11.3 Å². The van der Waals surface area contributed by atoms with Crippen LogP contribution in [0.5, 0.6) is 0 Å². The van der Waals surface area contributed by atoms with E-state index in [0.29, 0.717) is 12.1 Å². The van der Waals surface area contributed by atoms with Crippen LogP contribution in [0.3, 0.4) is 0 Å². The minimum absolute atomic E-state index is 0.0177. The number of hydrogen-bond donors (Lipinski definition) is 1. The third-order valence-corrected chi connectivity index (χ3v) is 7.68. The molecule has 0 saturated carbocycles. The lowest BCUT2D eigenvalue weighted by atomic mass is 9.93. The summed E-state index contributed by atoms with van der Waals surface area (Å²) in [7, 11) is 0. The number of fused-ring (bicyclic) bond motifs is 3. The van der Waals surface area contributed by atoms with Gasteiger partial charge in [0.05, 0.1) is 17.4 Å². The maximum absolute atomic E-state index is 14.0. The molecule has 3 heterocycles. The van der Waals surface area contributed by atoms with Crippen LogP contribution in [-0.2, 0) is 32.5 Å². The van der Waals surface area contributed by atoms with Gasteiger partial charge in [-0.2, -0.15) is 5.10 Å². The van der Waals surface area contributed by atoms with Crippen molar-refractivity contribution in [2.24, 2.45) is 0 Å². The summed E-state index contributed by atoms with van der Waals surface area (Å²) in [4.78, 5) is 19.8. The van der Waals surface area contributed by atoms with Crippen LogP contribution in [0.25, 0.3) is 10.2 Å². The van der Waals surface area contributed by atoms with Gasteiger partial charge in [-0.25, -0.2) is 13.8 Å². The zero-order valence-corrected chi connectivity index (χ0v) is 20.1. The van der Waals surface area contributed by atoms with Gasteiger partial charge in [0.25, 0.3) is 5.56 Å². The van der Waals surface area contributed by atoms with Crippen molar-refractivity contribution in [1.29, 1.82) is 0 Å². The molecule has 4 aromatic rings. The Morgan fingerprint density at radius 2 is 2.09 bits per heavy atom. The molecule has 0 spiro atoms. The van der Waals surface area contributed by atoms with E-state index in [0.717, 1.165) is 70.3 Å². The van der Waals surface area contributed by atoms with Gasteiger partial charge in [0, 0.05) is 41.8 Å². The van der Waals surface area contributed by atoms with Gasteiger partial charge in [-0.3, -0.25) is 14.0 Å². The number of halogens is 2. The average molecular weight is 484 g/mol. The molecule has 178 valence electrons. The summed E-state index contributed by atoms with van der Waals surface area (Å²) in [5, 5.41) is 8.58. The molecule has 34 heavy (non-hydrogen) atoms. The highest BCUT2D eigenvalue weighted by Crippen LogP contribution is 2.33. The molecule has 6 nitrogen and oxygen atoms in total. The first-order valence-electron chi connectivity index (χ1n) is 11.6. The van der Waals surface area contributed by atoms with Gasteiger partial charge in [-0.1, -0.05) is 12.1 Å². The summed E-state index contributed by atoms with van der Waals surface area (Å²) >= 11 is 1.57. The van der Waals surface area contributed by atoms with Gasteiger partial charge >= 0.3 is 0 Å². The van der Waals surface area contributed by atoms with Crippen LogP contribution < -0.4 is 10.9 Å². The monoisotopic (exact) mass is 483 g/mol. The molecule has 1 aliphatic rings. The van der Waals surface area contributed by atoms with E-state index in [9.17, 15) is 13.6 Å². The van der Waals surface area contributed by atoms with Crippen molar-refractivity contribution >= 4 is 21.6 Å². The van der Waals surface area contributed by atoms with Gasteiger partial charge in [0.1, 0.15) is 4.83 Å². The van der Waals surface area contributed by atoms with Crippen LogP contribution in [-0.4, -0.2) is 25.4 Å². The minimum Gasteiger partial charge on any atom is -0.309 e. The number of rotatable bonds is 7. The fourth-order valence-corrected chi connectivity index (χ4v) is 6.02. The lowest BCUT2D eigenvalue weighted by Crippen LogP contribution is -2.34. The molecule has 1 aliphatic carbocycles. The predicted octanol–water partition coefficient (Wildman–Crippen LogP) is 4.29. The number of nitrogens with zero attached hydrogens (tertiary/aromatic N) is 4. The quantitative estimate of drug-likeness (QED) is 0.426. The van der Waals surface area contributed by atoms with E-state index in [1.165, 1.54) is 6.07 Å². The van der Waals surface area contributed by atoms with Crippen molar-refractivity contribution in [2.45, 2.75) is 65.2 Å². The Balaban J connectivity index is 1.28. The molecule has 0 aliphatic heterocycles. The summed E-state index contributed by atoms with van der Waals surface area (Å²) in [5.41, 5.74) is 3.56. The second kappa shape index (κ2) is 9.38. The predicted molar refractivity (Wildman–Crippen MR) is 129 cm³/mol. The van der Waals surface area contributed by atoms with Crippen LogP contribution >= 0.6 is 11.3 Å². The third kappa shape index (κ3) is 4.42. The molecule has 1 atom stereocenters. The van der Waals surface area contributed by atoms with Crippen LogP contribution in [0.2, 0.25) is 0 Å². The first-order valence-corrected chi connectivity index (χ1v) is 12.4. The van der Waals surface area contributed by atoms with E-state index in [2.05, 4.69) is 15.4 Å². The first-order chi connectivity index (χ1) is 16.4. The fourth-order valence-electron chi connectivity index (χ4n) is 4.77. The molecule has 0 fully saturated rings. The molecule has 0 saturated heterocycles. The maximum atomic E-state index is 14.0. The molecule has 3 aromatic heterocycles. The number of aromatic nitrogens is 4. The summed E-state index contributed by atoms with van der Waals surface area (Å²) in [6.07, 6.45) is 4.80. The molecular weight excluding hydrogens is 456 g/mol. The van der Waals surface area contributed by atoms with Crippen LogP contribution in [0.1, 0.15) is 40.2 Å². The van der Waals surface area contributed by atoms with Gasteiger partial charge < -0.3 is 5.32 Å². The number of hydrogen-bond acceptors (Lipinski definition) is 5. The Morgan fingerprint density at radius 1 is 1.24 bits per heavy atom. The summed E-state index contributed by atoms with van der Waals surface area (Å²) in [6.45, 7) is 5.63. The molecule has 0 amide bonds. The third-order valence-electron chi connectivity index (χ3n) is 6.52. The van der Waals surface area contributed by atoms with E-state index in [4.69, 9.17) is 0 Å². The lowest BCUT2D eigenvalue weighted by Gasteiger charge is -2.23. The van der Waals surface area contributed by atoms with E-state index in [1.807, 2.05) is 24.6 Å². The van der Waals surface area contributed by atoms with Crippen molar-refractivity contribution < 1.29 is 8.78 Å². The zero-order chi connectivity index (χ0) is 23.8. The summed E-state index contributed by atoms with van der Waals surface area (Å²) in [5.74, 6) is -1.62. The normalized spacial score (nSPS) is 15.7. The molecular formula is C25H27F2N5OS. The van der Waals surface area contributed by atoms with E-state index < -0.39 is 11.6 Å². The molecule has 9 heteroatoms. The Morgan fingerprint density at radius 3 is 2.88 bits per heavy atom. The smallest absolute Gasteiger partial charge is 0.262 e. The second-order valence-electron chi connectivity index (χ2n) is 8.96. The molecule has 5 rings (SSSR count). The topological polar surface area (TPSA) is 64.7 Å². The molecule has 0 bridgehead atoms. The minimum atomic E-state index is -0.827. The van der Waals surface area contributed by atoms with Crippen LogP contribution in [0.15, 0.2) is 35.4 Å². The highest BCUT2D eigenvalue weighted by atomic mass is 32.1. The van der Waals surface area contributed by atoms with Crippen molar-refractivity contribution in [3.63, 3.8) is 0 Å². The Bertz CT molecular complexity index is 1410. The fraction of sp³-hybridized carbons (Fsp3) is 0.400. The summed E-state index contributed by atoms with van der Waals surface area (Å²) in [6, 6.07) is 6.44. The average Bonchev–Trinajstić information content (AvgIpc) is 3.34. The Kier molecular flexibility index (Phi) is 6.31. The van der Waals surface area contributed by atoms with Crippen LogP contribution in [0.4, 0.5) is 8.78 Å². The van der Waals surface area contributed by atoms with Crippen molar-refractivity contribution in [3.05, 3.63) is 80.0 Å². The maximum Gasteiger partial charge on any atom is 0.262 e. The molecule has 1 N–H and O–H groups in total. The Labute approximate surface area is 200 Å². The van der Waals surface area contributed by atoms with Gasteiger partial charge in [0.2, 0.25) is 0 Å². The standard InChI is InChI=1S/C25H27F2N5OS/c1-15-11-16(2)32(30-15)10-4-9-31-14-29-24-22(25(31)33)19-8-7-18(12-21(19)34-24)28-13-17-5-3-6-20(26)23(17)27/h3,5-6,11,14,18,28H,4,7-10,12-13H2,1-2H3/t18-/m1/s1. The molecule has 0 radical (unpaired) electrons. The van der Waals surface area contributed by atoms with E-state index >= 15 is 0 Å². The van der Waals surface area contributed by atoms with Gasteiger partial charge in [-0.05, 0) is 57.2 Å². The van der Waals surface area contributed by atoms with E-state index in [1.54, 1.807) is 28.3 Å². The molecule has 1 aromatic carbocycles. The summed E-state index contributed by atoms with van der Waals surface area (Å²) < 4.78 is 31.1. The van der Waals surface area contributed by atoms with Gasteiger partial charge in [0.15, 0.2) is 11.6 Å². The SMILES string of the molecule is Cc1cc(C)n(CCCn2cnc3sc4c(c3c2=O)CC[C@@H](NCc2cccc(F)c2F)C4)n1. The Hall–Kier alpha value is -2.91. The van der Waals surface area contributed by atoms with Crippen molar-refractivity contribution in [2.75, 3.05) is 0 Å². The number of benzene rings is 1. The number of nitrogens with one attached hydrogen (secondary N) is 1. The van der Waals surface area contributed by atoms with E-state index in [-0.39, 0.29) is 18.1 Å². The number of aryl methyl sites for hydroxylation is 5. The largest absolute Gasteiger partial charge is 0.309 e.